The molecule has 0 radical (unpaired) electrons. The molecule has 2 aromatic rings. The van der Waals surface area contributed by atoms with Crippen LogP contribution in [0.25, 0.3) is 10.9 Å². The minimum absolute atomic E-state index is 0.0213. The maximum atomic E-state index is 12.1. The predicted molar refractivity (Wildman–Crippen MR) is 69.5 cm³/mol. The van der Waals surface area contributed by atoms with E-state index < -0.39 is 0 Å². The molecule has 5 heteroatoms. The van der Waals surface area contributed by atoms with Crippen molar-refractivity contribution in [1.82, 2.24) is 14.5 Å². The van der Waals surface area contributed by atoms with Gasteiger partial charge in [0.05, 0.1) is 29.5 Å². The third-order valence-corrected chi connectivity index (χ3v) is 2.62. The van der Waals surface area contributed by atoms with Gasteiger partial charge in [-0.15, -0.1) is 0 Å². The molecule has 0 fully saturated rings. The lowest BCUT2D eigenvalue weighted by Crippen LogP contribution is -2.21. The number of hydrogen-bond donors (Lipinski definition) is 0. The lowest BCUT2D eigenvalue weighted by atomic mass is 10.3. The van der Waals surface area contributed by atoms with Gasteiger partial charge in [-0.25, -0.2) is 4.98 Å². The van der Waals surface area contributed by atoms with Crippen molar-refractivity contribution in [2.75, 3.05) is 6.61 Å². The van der Waals surface area contributed by atoms with Gasteiger partial charge in [0.25, 0.3) is 5.56 Å². The van der Waals surface area contributed by atoms with Crippen molar-refractivity contribution in [3.63, 3.8) is 0 Å². The summed E-state index contributed by atoms with van der Waals surface area (Å²) in [4.78, 5) is 20.3. The summed E-state index contributed by atoms with van der Waals surface area (Å²) in [6.45, 7) is 5.27. The SMILES string of the molecule is CC(C)OCCCn1cnc2cnccc2c1=O. The molecule has 0 N–H and O–H groups in total. The summed E-state index contributed by atoms with van der Waals surface area (Å²) >= 11 is 0. The zero-order valence-electron chi connectivity index (χ0n) is 10.7. The molecule has 2 rings (SSSR count). The summed E-state index contributed by atoms with van der Waals surface area (Å²) in [5.41, 5.74) is 0.615. The zero-order valence-corrected chi connectivity index (χ0v) is 10.7. The molecule has 0 aliphatic heterocycles. The highest BCUT2D eigenvalue weighted by Crippen LogP contribution is 2.03. The van der Waals surface area contributed by atoms with E-state index in [2.05, 4.69) is 9.97 Å². The molecule has 96 valence electrons. The largest absolute Gasteiger partial charge is 0.379 e. The molecule has 0 aromatic carbocycles. The highest BCUT2D eigenvalue weighted by Gasteiger charge is 2.03. The minimum Gasteiger partial charge on any atom is -0.379 e. The molecule has 0 spiro atoms. The molecule has 0 aliphatic carbocycles. The lowest BCUT2D eigenvalue weighted by Gasteiger charge is -2.08. The van der Waals surface area contributed by atoms with Crippen molar-refractivity contribution in [3.05, 3.63) is 35.1 Å². The van der Waals surface area contributed by atoms with Crippen LogP contribution in [0.15, 0.2) is 29.6 Å². The van der Waals surface area contributed by atoms with E-state index in [0.717, 1.165) is 6.42 Å². The van der Waals surface area contributed by atoms with Gasteiger partial charge < -0.3 is 4.74 Å². The third-order valence-electron chi connectivity index (χ3n) is 2.62. The van der Waals surface area contributed by atoms with Crippen LogP contribution in [0.4, 0.5) is 0 Å². The van der Waals surface area contributed by atoms with Crippen LogP contribution < -0.4 is 5.56 Å². The lowest BCUT2D eigenvalue weighted by molar-refractivity contribution is 0.0747. The Morgan fingerprint density at radius 3 is 3.06 bits per heavy atom. The second-order valence-corrected chi connectivity index (χ2v) is 4.41. The molecule has 0 saturated heterocycles. The Balaban J connectivity index is 2.10. The number of aromatic nitrogens is 3. The zero-order chi connectivity index (χ0) is 13.0. The third kappa shape index (κ3) is 2.92. The molecule has 2 heterocycles. The van der Waals surface area contributed by atoms with Crippen LogP contribution in [0.3, 0.4) is 0 Å². The van der Waals surface area contributed by atoms with E-state index in [4.69, 9.17) is 4.74 Å². The first-order chi connectivity index (χ1) is 8.68. The van der Waals surface area contributed by atoms with Crippen LogP contribution in [0.2, 0.25) is 0 Å². The van der Waals surface area contributed by atoms with Crippen LogP contribution >= 0.6 is 0 Å². The second-order valence-electron chi connectivity index (χ2n) is 4.41. The van der Waals surface area contributed by atoms with E-state index in [1.165, 1.54) is 0 Å². The summed E-state index contributed by atoms with van der Waals surface area (Å²) < 4.78 is 7.06. The Kier molecular flexibility index (Phi) is 4.04. The van der Waals surface area contributed by atoms with Crippen LogP contribution in [0.5, 0.6) is 0 Å². The van der Waals surface area contributed by atoms with Gasteiger partial charge in [-0.05, 0) is 26.3 Å². The fourth-order valence-electron chi connectivity index (χ4n) is 1.72. The summed E-state index contributed by atoms with van der Waals surface area (Å²) in [5, 5.41) is 0.609. The van der Waals surface area contributed by atoms with Gasteiger partial charge in [0.1, 0.15) is 0 Å². The quantitative estimate of drug-likeness (QED) is 0.753. The van der Waals surface area contributed by atoms with E-state index in [1.807, 2.05) is 13.8 Å². The Labute approximate surface area is 105 Å². The molecule has 0 bridgehead atoms. The Hall–Kier alpha value is -1.75. The maximum Gasteiger partial charge on any atom is 0.261 e. The van der Waals surface area contributed by atoms with Gasteiger partial charge in [-0.2, -0.15) is 0 Å². The van der Waals surface area contributed by atoms with Crippen molar-refractivity contribution >= 4 is 10.9 Å². The van der Waals surface area contributed by atoms with Gasteiger partial charge in [0.15, 0.2) is 0 Å². The van der Waals surface area contributed by atoms with Gasteiger partial charge in [0, 0.05) is 19.3 Å². The molecule has 0 saturated carbocycles. The van der Waals surface area contributed by atoms with Gasteiger partial charge in [0.2, 0.25) is 0 Å². The Morgan fingerprint density at radius 2 is 2.28 bits per heavy atom. The molecule has 2 aromatic heterocycles. The molecule has 0 unspecified atom stereocenters. The minimum atomic E-state index is -0.0213. The average molecular weight is 247 g/mol. The first-order valence-corrected chi connectivity index (χ1v) is 6.09. The first kappa shape index (κ1) is 12.7. The van der Waals surface area contributed by atoms with Crippen LogP contribution in [-0.4, -0.2) is 27.2 Å². The number of rotatable bonds is 5. The monoisotopic (exact) mass is 247 g/mol. The molecular weight excluding hydrogens is 230 g/mol. The van der Waals surface area contributed by atoms with Crippen molar-refractivity contribution < 1.29 is 4.74 Å². The number of aryl methyl sites for hydroxylation is 1. The van der Waals surface area contributed by atoms with Crippen LogP contribution in [-0.2, 0) is 11.3 Å². The Morgan fingerprint density at radius 1 is 1.44 bits per heavy atom. The van der Waals surface area contributed by atoms with E-state index in [0.29, 0.717) is 24.1 Å². The molecule has 0 atom stereocenters. The molecule has 0 amide bonds. The molecule has 18 heavy (non-hydrogen) atoms. The number of nitrogens with zero attached hydrogens (tertiary/aromatic N) is 3. The van der Waals surface area contributed by atoms with E-state index in [1.54, 1.807) is 29.4 Å². The van der Waals surface area contributed by atoms with Crippen molar-refractivity contribution in [2.24, 2.45) is 0 Å². The van der Waals surface area contributed by atoms with Crippen molar-refractivity contribution in [2.45, 2.75) is 32.9 Å². The Bertz CT molecular complexity index is 578. The maximum absolute atomic E-state index is 12.1. The fraction of sp³-hybridized carbons (Fsp3) is 0.462. The van der Waals surface area contributed by atoms with Gasteiger partial charge in [-0.3, -0.25) is 14.3 Å². The predicted octanol–water partition coefficient (Wildman–Crippen LogP) is 1.61. The summed E-state index contributed by atoms with van der Waals surface area (Å²) in [6, 6.07) is 1.70. The van der Waals surface area contributed by atoms with E-state index in [9.17, 15) is 4.79 Å². The van der Waals surface area contributed by atoms with Crippen molar-refractivity contribution in [1.29, 1.82) is 0 Å². The fourth-order valence-corrected chi connectivity index (χ4v) is 1.72. The van der Waals surface area contributed by atoms with Crippen LogP contribution in [0, 0.1) is 0 Å². The highest BCUT2D eigenvalue weighted by molar-refractivity contribution is 5.75. The van der Waals surface area contributed by atoms with Crippen LogP contribution in [0.1, 0.15) is 20.3 Å². The summed E-state index contributed by atoms with van der Waals surface area (Å²) in [7, 11) is 0. The summed E-state index contributed by atoms with van der Waals surface area (Å²) in [5.74, 6) is 0. The number of hydrogen-bond acceptors (Lipinski definition) is 4. The number of ether oxygens (including phenoxy) is 1. The number of fused-ring (bicyclic) bond motifs is 1. The first-order valence-electron chi connectivity index (χ1n) is 6.09. The number of pyridine rings is 1. The second kappa shape index (κ2) is 5.73. The molecular formula is C13H17N3O2. The topological polar surface area (TPSA) is 57.0 Å². The van der Waals surface area contributed by atoms with Gasteiger partial charge in [-0.1, -0.05) is 0 Å². The molecule has 5 nitrogen and oxygen atoms in total. The molecule has 0 aliphatic rings. The smallest absolute Gasteiger partial charge is 0.261 e. The van der Waals surface area contributed by atoms with Crippen molar-refractivity contribution in [3.8, 4) is 0 Å². The average Bonchev–Trinajstić information content (AvgIpc) is 2.37. The highest BCUT2D eigenvalue weighted by atomic mass is 16.5. The van der Waals surface area contributed by atoms with Gasteiger partial charge >= 0.3 is 0 Å². The van der Waals surface area contributed by atoms with E-state index in [-0.39, 0.29) is 11.7 Å². The van der Waals surface area contributed by atoms with E-state index >= 15 is 0 Å². The normalized spacial score (nSPS) is 11.3. The summed E-state index contributed by atoms with van der Waals surface area (Å²) in [6.07, 6.45) is 5.81. The standard InChI is InChI=1S/C13H17N3O2/c1-10(2)18-7-3-6-16-9-15-12-8-14-5-4-11(12)13(16)17/h4-5,8-10H,3,6-7H2,1-2H3.